The monoisotopic (exact) mass is 351 g/mol. The van der Waals surface area contributed by atoms with Crippen molar-refractivity contribution in [2.45, 2.75) is 37.8 Å². The number of thiazole rings is 1. The van der Waals surface area contributed by atoms with E-state index >= 15 is 0 Å². The van der Waals surface area contributed by atoms with Crippen LogP contribution in [0.4, 0.5) is 0 Å². The Morgan fingerprint density at radius 1 is 1.26 bits per heavy atom. The maximum atomic E-state index is 12.9. The average molecular weight is 351 g/mol. The quantitative estimate of drug-likeness (QED) is 0.923. The summed E-state index contributed by atoms with van der Waals surface area (Å²) in [5, 5.41) is 6.18. The lowest BCUT2D eigenvalue weighted by Crippen LogP contribution is -2.55. The third-order valence-electron chi connectivity index (χ3n) is 3.86. The highest BCUT2D eigenvalue weighted by atomic mass is 32.2. The lowest BCUT2D eigenvalue weighted by Gasteiger charge is -2.35. The third-order valence-corrected chi connectivity index (χ3v) is 6.70. The molecule has 23 heavy (non-hydrogen) atoms. The van der Waals surface area contributed by atoms with Crippen LogP contribution in [0.25, 0.3) is 10.6 Å². The van der Waals surface area contributed by atoms with E-state index in [9.17, 15) is 8.42 Å². The van der Waals surface area contributed by atoms with E-state index in [-0.39, 0.29) is 12.1 Å². The second kappa shape index (κ2) is 6.32. The number of rotatable bonds is 3. The van der Waals surface area contributed by atoms with Crippen molar-refractivity contribution < 1.29 is 8.42 Å². The lowest BCUT2D eigenvalue weighted by molar-refractivity contribution is 0.263. The first-order valence-electron chi connectivity index (χ1n) is 7.65. The molecule has 0 spiro atoms. The van der Waals surface area contributed by atoms with Crippen LogP contribution in [0.5, 0.6) is 0 Å². The van der Waals surface area contributed by atoms with Crippen LogP contribution in [0.2, 0.25) is 0 Å². The summed E-state index contributed by atoms with van der Waals surface area (Å²) >= 11 is 1.53. The van der Waals surface area contributed by atoms with Gasteiger partial charge in [0.2, 0.25) is 10.0 Å². The zero-order valence-electron chi connectivity index (χ0n) is 13.5. The molecule has 5 nitrogen and oxygen atoms in total. The highest BCUT2D eigenvalue weighted by Crippen LogP contribution is 2.27. The Labute approximate surface area is 141 Å². The van der Waals surface area contributed by atoms with Gasteiger partial charge >= 0.3 is 0 Å². The van der Waals surface area contributed by atoms with E-state index in [1.165, 1.54) is 11.3 Å². The van der Waals surface area contributed by atoms with Crippen LogP contribution in [-0.4, -0.2) is 42.9 Å². The number of benzene rings is 1. The molecule has 0 radical (unpaired) electrons. The summed E-state index contributed by atoms with van der Waals surface area (Å²) in [4.78, 5) is 4.78. The Morgan fingerprint density at radius 3 is 2.57 bits per heavy atom. The molecule has 0 bridgehead atoms. The number of nitrogens with one attached hydrogen (secondary N) is 1. The summed E-state index contributed by atoms with van der Waals surface area (Å²) in [7, 11) is -3.48. The van der Waals surface area contributed by atoms with Crippen LogP contribution in [-0.2, 0) is 10.0 Å². The van der Waals surface area contributed by atoms with Gasteiger partial charge in [-0.25, -0.2) is 13.4 Å². The fraction of sp³-hybridized carbons (Fsp3) is 0.438. The van der Waals surface area contributed by atoms with Crippen LogP contribution in [0.15, 0.2) is 34.5 Å². The summed E-state index contributed by atoms with van der Waals surface area (Å²) < 4.78 is 27.5. The number of aromatic nitrogens is 1. The van der Waals surface area contributed by atoms with Gasteiger partial charge in [-0.15, -0.1) is 11.3 Å². The first kappa shape index (κ1) is 16.6. The molecule has 0 saturated carbocycles. The molecular weight excluding hydrogens is 330 g/mol. The van der Waals surface area contributed by atoms with Crippen molar-refractivity contribution in [2.24, 2.45) is 0 Å². The Kier molecular flexibility index (Phi) is 4.55. The van der Waals surface area contributed by atoms with Crippen LogP contribution in [0.3, 0.4) is 0 Å². The van der Waals surface area contributed by atoms with Crippen LogP contribution >= 0.6 is 11.3 Å². The van der Waals surface area contributed by atoms with Crippen molar-refractivity contribution in [2.75, 3.05) is 13.1 Å². The minimum Gasteiger partial charge on any atom is -0.309 e. The van der Waals surface area contributed by atoms with Gasteiger partial charge in [-0.3, -0.25) is 0 Å². The molecule has 124 valence electrons. The van der Waals surface area contributed by atoms with E-state index < -0.39 is 10.0 Å². The molecule has 7 heteroatoms. The number of sulfonamides is 1. The van der Waals surface area contributed by atoms with Gasteiger partial charge in [0, 0.05) is 41.8 Å². The molecule has 1 saturated heterocycles. The molecule has 0 amide bonds. The zero-order chi connectivity index (χ0) is 16.6. The molecule has 0 aliphatic carbocycles. The Balaban J connectivity index is 1.94. The van der Waals surface area contributed by atoms with Gasteiger partial charge in [0.15, 0.2) is 0 Å². The number of nitrogens with zero attached hydrogens (tertiary/aromatic N) is 2. The summed E-state index contributed by atoms with van der Waals surface area (Å²) in [6, 6.07) is 7.38. The molecule has 1 aliphatic heterocycles. The van der Waals surface area contributed by atoms with Crippen molar-refractivity contribution in [3.8, 4) is 10.6 Å². The molecule has 1 aliphatic rings. The van der Waals surface area contributed by atoms with E-state index in [2.05, 4.69) is 10.3 Å². The topological polar surface area (TPSA) is 62.3 Å². The molecule has 1 aromatic carbocycles. The van der Waals surface area contributed by atoms with Crippen LogP contribution in [0.1, 0.15) is 19.5 Å². The Hall–Kier alpha value is -1.28. The zero-order valence-corrected chi connectivity index (χ0v) is 15.1. The molecule has 1 fully saturated rings. The first-order valence-corrected chi connectivity index (χ1v) is 9.97. The highest BCUT2D eigenvalue weighted by Gasteiger charge is 2.31. The number of hydrogen-bond donors (Lipinski definition) is 1. The summed E-state index contributed by atoms with van der Waals surface area (Å²) in [5.74, 6) is 0. The second-order valence-electron chi connectivity index (χ2n) is 6.11. The van der Waals surface area contributed by atoms with Gasteiger partial charge in [-0.2, -0.15) is 4.31 Å². The predicted octanol–water partition coefficient (Wildman–Crippen LogP) is 2.49. The summed E-state index contributed by atoms with van der Waals surface area (Å²) in [6.45, 7) is 6.94. The maximum Gasteiger partial charge on any atom is 0.243 e. The van der Waals surface area contributed by atoms with Crippen LogP contribution < -0.4 is 5.32 Å². The molecule has 1 aromatic heterocycles. The van der Waals surface area contributed by atoms with Crippen LogP contribution in [0, 0.1) is 6.92 Å². The largest absolute Gasteiger partial charge is 0.309 e. The van der Waals surface area contributed by atoms with Crippen molar-refractivity contribution in [3.05, 3.63) is 35.3 Å². The fourth-order valence-corrected chi connectivity index (χ4v) is 5.36. The van der Waals surface area contributed by atoms with Gasteiger partial charge in [0.1, 0.15) is 5.01 Å². The smallest absolute Gasteiger partial charge is 0.243 e. The third kappa shape index (κ3) is 3.47. The minimum atomic E-state index is -3.48. The number of aryl methyl sites for hydroxylation is 1. The molecule has 2 unspecified atom stereocenters. The SMILES string of the molecule is Cc1csc(-c2cccc(S(=O)(=O)N3CC(C)NC(C)C3)c2)n1. The van der Waals surface area contributed by atoms with E-state index in [1.807, 2.05) is 32.2 Å². The van der Waals surface area contributed by atoms with E-state index in [1.54, 1.807) is 22.5 Å². The minimum absolute atomic E-state index is 0.151. The van der Waals surface area contributed by atoms with Gasteiger partial charge < -0.3 is 5.32 Å². The highest BCUT2D eigenvalue weighted by molar-refractivity contribution is 7.89. The lowest BCUT2D eigenvalue weighted by atomic mass is 10.2. The second-order valence-corrected chi connectivity index (χ2v) is 8.91. The average Bonchev–Trinajstić information content (AvgIpc) is 2.93. The van der Waals surface area contributed by atoms with Crippen molar-refractivity contribution in [1.82, 2.24) is 14.6 Å². The van der Waals surface area contributed by atoms with E-state index in [4.69, 9.17) is 0 Å². The van der Waals surface area contributed by atoms with Gasteiger partial charge in [-0.1, -0.05) is 12.1 Å². The number of piperazine rings is 1. The normalized spacial score (nSPS) is 23.1. The van der Waals surface area contributed by atoms with Gasteiger partial charge in [-0.05, 0) is 32.9 Å². The predicted molar refractivity (Wildman–Crippen MR) is 93.1 cm³/mol. The van der Waals surface area contributed by atoms with Crippen molar-refractivity contribution >= 4 is 21.4 Å². The first-order chi connectivity index (χ1) is 10.9. The van der Waals surface area contributed by atoms with E-state index in [0.717, 1.165) is 16.3 Å². The van der Waals surface area contributed by atoms with Gasteiger partial charge in [0.05, 0.1) is 4.90 Å². The molecule has 1 N–H and O–H groups in total. The molecule has 2 atom stereocenters. The summed E-state index contributed by atoms with van der Waals surface area (Å²) in [5.41, 5.74) is 1.79. The standard InChI is InChI=1S/C16H21N3O2S2/c1-11-8-19(9-12(2)17-11)23(20,21)15-6-4-5-14(7-15)16-18-13(3)10-22-16/h4-7,10-12,17H,8-9H2,1-3H3. The van der Waals surface area contributed by atoms with E-state index in [0.29, 0.717) is 18.0 Å². The molecule has 2 heterocycles. The Bertz CT molecular complexity index is 791. The van der Waals surface area contributed by atoms with Gasteiger partial charge in [0.25, 0.3) is 0 Å². The molecule has 2 aromatic rings. The van der Waals surface area contributed by atoms with Crippen molar-refractivity contribution in [1.29, 1.82) is 0 Å². The fourth-order valence-electron chi connectivity index (χ4n) is 2.90. The molecule has 3 rings (SSSR count). The van der Waals surface area contributed by atoms with Crippen molar-refractivity contribution in [3.63, 3.8) is 0 Å². The molecular formula is C16H21N3O2S2. The summed E-state index contributed by atoms with van der Waals surface area (Å²) in [6.07, 6.45) is 0. The number of hydrogen-bond acceptors (Lipinski definition) is 5. The maximum absolute atomic E-state index is 12.9. The Morgan fingerprint density at radius 2 is 1.96 bits per heavy atom.